The Balaban J connectivity index is 2.01. The average Bonchev–Trinajstić information content (AvgIpc) is 2.67. The molecule has 0 saturated carbocycles. The fourth-order valence-electron chi connectivity index (χ4n) is 1.49. The first-order valence-electron chi connectivity index (χ1n) is 5.49. The van der Waals surface area contributed by atoms with Crippen LogP contribution in [0.5, 0.6) is 0 Å². The first kappa shape index (κ1) is 11.9. The lowest BCUT2D eigenvalue weighted by atomic mass is 10.3. The van der Waals surface area contributed by atoms with Crippen LogP contribution in [0.25, 0.3) is 0 Å². The van der Waals surface area contributed by atoms with Gasteiger partial charge in [0.05, 0.1) is 6.54 Å². The summed E-state index contributed by atoms with van der Waals surface area (Å²) in [5, 5.41) is 6.21. The van der Waals surface area contributed by atoms with Crippen molar-refractivity contribution in [3.8, 4) is 0 Å². The number of hydrogen-bond donors (Lipinski definition) is 2. The Morgan fingerprint density at radius 1 is 1.35 bits per heavy atom. The van der Waals surface area contributed by atoms with Gasteiger partial charge < -0.3 is 10.6 Å². The molecule has 0 aliphatic carbocycles. The van der Waals surface area contributed by atoms with Crippen molar-refractivity contribution in [3.05, 3.63) is 33.6 Å². The predicted molar refractivity (Wildman–Crippen MR) is 72.7 cm³/mol. The van der Waals surface area contributed by atoms with Crippen molar-refractivity contribution in [1.29, 1.82) is 0 Å². The molecule has 0 aliphatic rings. The van der Waals surface area contributed by atoms with Gasteiger partial charge >= 0.3 is 0 Å². The summed E-state index contributed by atoms with van der Waals surface area (Å²) in [6, 6.07) is 4.08. The third-order valence-corrected chi connectivity index (χ3v) is 3.69. The van der Waals surface area contributed by atoms with Crippen molar-refractivity contribution in [2.45, 2.75) is 20.4 Å². The molecule has 0 aliphatic heterocycles. The predicted octanol–water partition coefficient (Wildman–Crippen LogP) is 2.81. The Labute approximate surface area is 105 Å². The van der Waals surface area contributed by atoms with Gasteiger partial charge in [0.1, 0.15) is 5.82 Å². The molecule has 0 atom stereocenters. The number of thiophene rings is 1. The second kappa shape index (κ2) is 5.14. The molecule has 0 radical (unpaired) electrons. The Hall–Kier alpha value is -1.62. The average molecular weight is 248 g/mol. The van der Waals surface area contributed by atoms with Gasteiger partial charge in [-0.25, -0.2) is 4.98 Å². The minimum Gasteiger partial charge on any atom is -0.365 e. The van der Waals surface area contributed by atoms with Crippen LogP contribution in [0.4, 0.5) is 11.8 Å². The topological polar surface area (TPSA) is 49.8 Å². The molecule has 2 aromatic heterocycles. The zero-order valence-electron chi connectivity index (χ0n) is 10.2. The summed E-state index contributed by atoms with van der Waals surface area (Å²) in [4.78, 5) is 11.1. The minimum absolute atomic E-state index is 0.633. The lowest BCUT2D eigenvalue weighted by Crippen LogP contribution is -2.03. The van der Waals surface area contributed by atoms with E-state index in [1.54, 1.807) is 6.20 Å². The van der Waals surface area contributed by atoms with E-state index < -0.39 is 0 Å². The second-order valence-corrected chi connectivity index (χ2v) is 5.16. The van der Waals surface area contributed by atoms with E-state index in [9.17, 15) is 0 Å². The lowest BCUT2D eigenvalue weighted by Gasteiger charge is -2.04. The summed E-state index contributed by atoms with van der Waals surface area (Å²) < 4.78 is 0. The van der Waals surface area contributed by atoms with Crippen molar-refractivity contribution >= 4 is 23.1 Å². The highest BCUT2D eigenvalue weighted by Gasteiger charge is 2.02. The summed E-state index contributed by atoms with van der Waals surface area (Å²) in [7, 11) is 1.81. The Morgan fingerprint density at radius 2 is 2.18 bits per heavy atom. The molecule has 2 rings (SSSR count). The van der Waals surface area contributed by atoms with Gasteiger partial charge in [0.2, 0.25) is 5.95 Å². The van der Waals surface area contributed by atoms with E-state index in [4.69, 9.17) is 0 Å². The minimum atomic E-state index is 0.633. The highest BCUT2D eigenvalue weighted by molar-refractivity contribution is 7.12. The molecule has 5 heteroatoms. The molecule has 0 aromatic carbocycles. The second-order valence-electron chi connectivity index (χ2n) is 3.82. The lowest BCUT2D eigenvalue weighted by molar-refractivity contribution is 1.09. The first-order chi connectivity index (χ1) is 8.19. The van der Waals surface area contributed by atoms with Crippen LogP contribution in [0.3, 0.4) is 0 Å². The molecular formula is C12H16N4S. The van der Waals surface area contributed by atoms with Crippen LogP contribution in [0.2, 0.25) is 0 Å². The van der Waals surface area contributed by atoms with Crippen molar-refractivity contribution in [2.24, 2.45) is 0 Å². The molecule has 0 spiro atoms. The largest absolute Gasteiger partial charge is 0.365 e. The van der Waals surface area contributed by atoms with E-state index >= 15 is 0 Å². The van der Waals surface area contributed by atoms with Crippen molar-refractivity contribution < 1.29 is 0 Å². The van der Waals surface area contributed by atoms with E-state index in [0.29, 0.717) is 5.95 Å². The summed E-state index contributed by atoms with van der Waals surface area (Å²) in [5.74, 6) is 1.47. The Kier molecular flexibility index (Phi) is 3.58. The van der Waals surface area contributed by atoms with Gasteiger partial charge in [0, 0.05) is 23.0 Å². The number of rotatable bonds is 4. The maximum atomic E-state index is 4.31. The molecule has 0 unspecified atom stereocenters. The molecule has 2 heterocycles. The molecule has 17 heavy (non-hydrogen) atoms. The van der Waals surface area contributed by atoms with Gasteiger partial charge in [-0.05, 0) is 31.5 Å². The van der Waals surface area contributed by atoms with Gasteiger partial charge in [-0.1, -0.05) is 0 Å². The summed E-state index contributed by atoms with van der Waals surface area (Å²) in [6.45, 7) is 5.09. The van der Waals surface area contributed by atoms with Crippen LogP contribution in [0.15, 0.2) is 18.3 Å². The first-order valence-corrected chi connectivity index (χ1v) is 6.31. The molecule has 4 nitrogen and oxygen atoms in total. The van der Waals surface area contributed by atoms with Crippen LogP contribution < -0.4 is 10.6 Å². The van der Waals surface area contributed by atoms with E-state index in [2.05, 4.69) is 40.5 Å². The molecule has 2 aromatic rings. The number of hydrogen-bond acceptors (Lipinski definition) is 5. The number of nitrogens with zero attached hydrogens (tertiary/aromatic N) is 2. The van der Waals surface area contributed by atoms with Gasteiger partial charge in [0.25, 0.3) is 0 Å². The van der Waals surface area contributed by atoms with E-state index in [1.807, 2.05) is 24.5 Å². The highest BCUT2D eigenvalue weighted by Crippen LogP contribution is 2.21. The number of aromatic nitrogens is 2. The van der Waals surface area contributed by atoms with E-state index in [0.717, 1.165) is 12.4 Å². The third-order valence-electron chi connectivity index (χ3n) is 2.54. The monoisotopic (exact) mass is 248 g/mol. The number of anilines is 2. The Morgan fingerprint density at radius 3 is 2.82 bits per heavy atom. The molecular weight excluding hydrogens is 232 g/mol. The molecule has 0 fully saturated rings. The maximum Gasteiger partial charge on any atom is 0.224 e. The highest BCUT2D eigenvalue weighted by atomic mass is 32.1. The fourth-order valence-corrected chi connectivity index (χ4v) is 2.49. The summed E-state index contributed by atoms with van der Waals surface area (Å²) in [5.41, 5.74) is 1.35. The van der Waals surface area contributed by atoms with Crippen molar-refractivity contribution in [1.82, 2.24) is 9.97 Å². The molecule has 0 saturated heterocycles. The van der Waals surface area contributed by atoms with Crippen molar-refractivity contribution in [2.75, 3.05) is 17.7 Å². The molecule has 0 amide bonds. The van der Waals surface area contributed by atoms with Crippen LogP contribution in [-0.2, 0) is 6.54 Å². The molecule has 2 N–H and O–H groups in total. The van der Waals surface area contributed by atoms with E-state index in [-0.39, 0.29) is 0 Å². The van der Waals surface area contributed by atoms with Gasteiger partial charge in [0.15, 0.2) is 0 Å². The van der Waals surface area contributed by atoms with Gasteiger partial charge in [-0.15, -0.1) is 11.3 Å². The van der Waals surface area contributed by atoms with Crippen LogP contribution in [0, 0.1) is 13.8 Å². The smallest absolute Gasteiger partial charge is 0.224 e. The molecule has 90 valence electrons. The zero-order valence-corrected chi connectivity index (χ0v) is 11.1. The van der Waals surface area contributed by atoms with Crippen LogP contribution in [-0.4, -0.2) is 17.0 Å². The maximum absolute atomic E-state index is 4.31. The SMILES string of the molecule is CNc1nccc(NCc2cc(C)c(C)s2)n1. The fraction of sp³-hybridized carbons (Fsp3) is 0.333. The van der Waals surface area contributed by atoms with Crippen LogP contribution in [0.1, 0.15) is 15.3 Å². The van der Waals surface area contributed by atoms with Crippen molar-refractivity contribution in [3.63, 3.8) is 0 Å². The number of nitrogens with one attached hydrogen (secondary N) is 2. The number of aryl methyl sites for hydroxylation is 2. The van der Waals surface area contributed by atoms with Crippen LogP contribution >= 0.6 is 11.3 Å². The normalized spacial score (nSPS) is 10.3. The summed E-state index contributed by atoms with van der Waals surface area (Å²) >= 11 is 1.82. The third kappa shape index (κ3) is 2.94. The zero-order chi connectivity index (χ0) is 12.3. The standard InChI is InChI=1S/C12H16N4S/c1-8-6-10(17-9(8)2)7-15-11-4-5-14-12(13-3)16-11/h4-6H,7H2,1-3H3,(H2,13,14,15,16). The summed E-state index contributed by atoms with van der Waals surface area (Å²) in [6.07, 6.45) is 1.74. The van der Waals surface area contributed by atoms with E-state index in [1.165, 1.54) is 15.3 Å². The van der Waals surface area contributed by atoms with Gasteiger partial charge in [-0.2, -0.15) is 4.98 Å². The quantitative estimate of drug-likeness (QED) is 0.873. The molecule has 0 bridgehead atoms. The van der Waals surface area contributed by atoms with Gasteiger partial charge in [-0.3, -0.25) is 0 Å². The Bertz CT molecular complexity index is 487.